The van der Waals surface area contributed by atoms with Gasteiger partial charge in [0.15, 0.2) is 0 Å². The first-order valence-corrected chi connectivity index (χ1v) is 7.71. The first-order chi connectivity index (χ1) is 9.76. The molecule has 0 aliphatic carbocycles. The van der Waals surface area contributed by atoms with Crippen LogP contribution in [-0.2, 0) is 17.1 Å². The van der Waals surface area contributed by atoms with Crippen molar-refractivity contribution in [2.75, 3.05) is 17.6 Å². The van der Waals surface area contributed by atoms with Crippen LogP contribution < -0.4 is 15.2 Å². The molecule has 1 aromatic carbocycles. The molecule has 0 fully saturated rings. The lowest BCUT2D eigenvalue weighted by Crippen LogP contribution is -2.16. The third kappa shape index (κ3) is 2.80. The van der Waals surface area contributed by atoms with Crippen LogP contribution in [0, 0.1) is 13.8 Å². The van der Waals surface area contributed by atoms with Crippen molar-refractivity contribution in [3.8, 4) is 5.75 Å². The predicted octanol–water partition coefficient (Wildman–Crippen LogP) is 1.43. The van der Waals surface area contributed by atoms with Crippen molar-refractivity contribution >= 4 is 21.4 Å². The van der Waals surface area contributed by atoms with Crippen LogP contribution in [0.25, 0.3) is 0 Å². The third-order valence-corrected chi connectivity index (χ3v) is 4.83. The molecule has 3 N–H and O–H groups in total. The fraction of sp³-hybridized carbons (Fsp3) is 0.308. The highest BCUT2D eigenvalue weighted by Gasteiger charge is 2.24. The van der Waals surface area contributed by atoms with Gasteiger partial charge in [-0.25, -0.2) is 8.42 Å². The summed E-state index contributed by atoms with van der Waals surface area (Å²) in [5.41, 5.74) is 7.43. The van der Waals surface area contributed by atoms with Crippen molar-refractivity contribution in [3.63, 3.8) is 0 Å². The minimum atomic E-state index is -3.75. The maximum Gasteiger partial charge on any atom is 0.265 e. The summed E-state index contributed by atoms with van der Waals surface area (Å²) in [5, 5.41) is 4.11. The maximum atomic E-state index is 12.5. The molecule has 0 aliphatic heterocycles. The van der Waals surface area contributed by atoms with Crippen LogP contribution in [0.2, 0.25) is 0 Å². The molecule has 0 saturated heterocycles. The Morgan fingerprint density at radius 3 is 2.48 bits per heavy atom. The first kappa shape index (κ1) is 15.2. The Bertz CT molecular complexity index is 781. The molecule has 0 unspecified atom stereocenters. The topological polar surface area (TPSA) is 99.2 Å². The van der Waals surface area contributed by atoms with E-state index < -0.39 is 10.0 Å². The summed E-state index contributed by atoms with van der Waals surface area (Å²) >= 11 is 0. The van der Waals surface area contributed by atoms with E-state index in [-0.39, 0.29) is 10.6 Å². The van der Waals surface area contributed by atoms with Gasteiger partial charge in [0, 0.05) is 13.1 Å². The van der Waals surface area contributed by atoms with E-state index in [1.807, 2.05) is 0 Å². The molecule has 0 aliphatic rings. The predicted molar refractivity (Wildman–Crippen MR) is 80.9 cm³/mol. The van der Waals surface area contributed by atoms with Gasteiger partial charge in [0.2, 0.25) is 0 Å². The lowest BCUT2D eigenvalue weighted by Gasteiger charge is -2.11. The summed E-state index contributed by atoms with van der Waals surface area (Å²) in [4.78, 5) is 0.167. The molecule has 0 atom stereocenters. The van der Waals surface area contributed by atoms with Crippen LogP contribution in [0.5, 0.6) is 5.75 Å². The summed E-state index contributed by atoms with van der Waals surface area (Å²) in [6.07, 6.45) is 0. The second kappa shape index (κ2) is 5.28. The minimum Gasteiger partial charge on any atom is -0.497 e. The summed E-state index contributed by atoms with van der Waals surface area (Å²) in [6.45, 7) is 3.35. The average Bonchev–Trinajstić information content (AvgIpc) is 2.66. The van der Waals surface area contributed by atoms with E-state index in [0.717, 1.165) is 0 Å². The van der Waals surface area contributed by atoms with Gasteiger partial charge in [-0.05, 0) is 26.0 Å². The smallest absolute Gasteiger partial charge is 0.265 e. The zero-order chi connectivity index (χ0) is 15.8. The van der Waals surface area contributed by atoms with Gasteiger partial charge < -0.3 is 10.5 Å². The van der Waals surface area contributed by atoms with Crippen LogP contribution in [0.3, 0.4) is 0 Å². The molecule has 1 heterocycles. The van der Waals surface area contributed by atoms with E-state index in [9.17, 15) is 8.42 Å². The Morgan fingerprint density at radius 1 is 1.33 bits per heavy atom. The normalized spacial score (nSPS) is 11.4. The Kier molecular flexibility index (Phi) is 3.82. The van der Waals surface area contributed by atoms with Crippen LogP contribution in [0.1, 0.15) is 11.4 Å². The molecule has 0 saturated carbocycles. The first-order valence-electron chi connectivity index (χ1n) is 6.23. The molecule has 0 spiro atoms. The van der Waals surface area contributed by atoms with Gasteiger partial charge in [0.05, 0.1) is 29.9 Å². The van der Waals surface area contributed by atoms with E-state index in [4.69, 9.17) is 10.5 Å². The minimum absolute atomic E-state index is 0.167. The number of benzene rings is 1. The number of rotatable bonds is 4. The average molecular weight is 310 g/mol. The number of nitrogen functional groups attached to an aromatic ring is 1. The van der Waals surface area contributed by atoms with Crippen molar-refractivity contribution in [1.29, 1.82) is 0 Å². The molecule has 2 aromatic rings. The lowest BCUT2D eigenvalue weighted by atomic mass is 10.2. The molecule has 8 heteroatoms. The maximum absolute atomic E-state index is 12.5. The number of nitrogens with two attached hydrogens (primary N) is 1. The van der Waals surface area contributed by atoms with E-state index in [2.05, 4.69) is 9.82 Å². The van der Waals surface area contributed by atoms with Gasteiger partial charge in [0.25, 0.3) is 10.0 Å². The number of methoxy groups -OCH3 is 1. The molecule has 2 rings (SSSR count). The molecule has 1 aromatic heterocycles. The summed E-state index contributed by atoms with van der Waals surface area (Å²) in [6, 6.07) is 4.75. The number of aryl methyl sites for hydroxylation is 2. The van der Waals surface area contributed by atoms with Crippen LogP contribution in [0.15, 0.2) is 23.1 Å². The molecule has 21 heavy (non-hydrogen) atoms. The van der Waals surface area contributed by atoms with Crippen molar-refractivity contribution in [2.24, 2.45) is 7.05 Å². The van der Waals surface area contributed by atoms with Crippen LogP contribution in [0.4, 0.5) is 11.4 Å². The largest absolute Gasteiger partial charge is 0.497 e. The van der Waals surface area contributed by atoms with E-state index in [0.29, 0.717) is 22.8 Å². The molecular formula is C13H18N4O3S. The number of ether oxygens (including phenoxy) is 1. The van der Waals surface area contributed by atoms with Gasteiger partial charge in [0.1, 0.15) is 10.6 Å². The van der Waals surface area contributed by atoms with Gasteiger partial charge in [-0.1, -0.05) is 0 Å². The van der Waals surface area contributed by atoms with E-state index in [1.54, 1.807) is 39.1 Å². The number of nitrogens with zero attached hydrogens (tertiary/aromatic N) is 2. The number of nitrogens with one attached hydrogen (secondary N) is 1. The van der Waals surface area contributed by atoms with Crippen molar-refractivity contribution in [1.82, 2.24) is 9.78 Å². The zero-order valence-corrected chi connectivity index (χ0v) is 13.2. The highest BCUT2D eigenvalue weighted by Crippen LogP contribution is 2.28. The van der Waals surface area contributed by atoms with Crippen LogP contribution >= 0.6 is 0 Å². The standard InChI is InChI=1S/C13H18N4O3S/c1-8-13(9(2)17(3)15-8)21(18,19)16-12-6-5-10(20-4)7-11(12)14/h5-7,16H,14H2,1-4H3. The Hall–Kier alpha value is -2.22. The SMILES string of the molecule is COc1ccc(NS(=O)(=O)c2c(C)nn(C)c2C)c(N)c1. The second-order valence-corrected chi connectivity index (χ2v) is 6.30. The lowest BCUT2D eigenvalue weighted by molar-refractivity contribution is 0.415. The fourth-order valence-corrected chi connectivity index (χ4v) is 3.63. The summed E-state index contributed by atoms with van der Waals surface area (Å²) in [7, 11) is -0.538. The molecule has 7 nitrogen and oxygen atoms in total. The number of sulfonamides is 1. The highest BCUT2D eigenvalue weighted by atomic mass is 32.2. The number of anilines is 2. The van der Waals surface area contributed by atoms with E-state index >= 15 is 0 Å². The number of hydrogen-bond donors (Lipinski definition) is 2. The Labute approximate surface area is 123 Å². The Morgan fingerprint density at radius 2 is 2.00 bits per heavy atom. The summed E-state index contributed by atoms with van der Waals surface area (Å²) in [5.74, 6) is 0.559. The number of aromatic nitrogens is 2. The Balaban J connectivity index is 2.42. The molecule has 0 amide bonds. The molecule has 0 bridgehead atoms. The van der Waals surface area contributed by atoms with Gasteiger partial charge in [-0.15, -0.1) is 0 Å². The molecule has 0 radical (unpaired) electrons. The number of hydrogen-bond acceptors (Lipinski definition) is 5. The second-order valence-electron chi connectivity index (χ2n) is 4.68. The third-order valence-electron chi connectivity index (χ3n) is 3.21. The van der Waals surface area contributed by atoms with Crippen molar-refractivity contribution in [3.05, 3.63) is 29.6 Å². The fourth-order valence-electron chi connectivity index (χ4n) is 2.10. The van der Waals surface area contributed by atoms with Crippen LogP contribution in [-0.4, -0.2) is 25.3 Å². The van der Waals surface area contributed by atoms with E-state index in [1.165, 1.54) is 11.8 Å². The van der Waals surface area contributed by atoms with Crippen molar-refractivity contribution in [2.45, 2.75) is 18.7 Å². The quantitative estimate of drug-likeness (QED) is 0.832. The monoisotopic (exact) mass is 310 g/mol. The van der Waals surface area contributed by atoms with Gasteiger partial charge >= 0.3 is 0 Å². The highest BCUT2D eigenvalue weighted by molar-refractivity contribution is 7.92. The summed E-state index contributed by atoms with van der Waals surface area (Å²) < 4.78 is 34.1. The molecule has 114 valence electrons. The van der Waals surface area contributed by atoms with Gasteiger partial charge in [-0.2, -0.15) is 5.10 Å². The molecular weight excluding hydrogens is 292 g/mol. The zero-order valence-electron chi connectivity index (χ0n) is 12.3. The van der Waals surface area contributed by atoms with Crippen molar-refractivity contribution < 1.29 is 13.2 Å². The van der Waals surface area contributed by atoms with Gasteiger partial charge in [-0.3, -0.25) is 9.40 Å².